The second kappa shape index (κ2) is 7.85. The van der Waals surface area contributed by atoms with Crippen LogP contribution in [0.2, 0.25) is 0 Å². The molecule has 0 spiro atoms. The van der Waals surface area contributed by atoms with E-state index in [0.29, 0.717) is 17.2 Å². The van der Waals surface area contributed by atoms with Crippen LogP contribution in [0.25, 0.3) is 0 Å². The third-order valence-electron chi connectivity index (χ3n) is 3.69. The molecule has 2 heterocycles. The predicted molar refractivity (Wildman–Crippen MR) is 96.2 cm³/mol. The van der Waals surface area contributed by atoms with Crippen molar-refractivity contribution in [2.75, 3.05) is 11.1 Å². The van der Waals surface area contributed by atoms with Crippen LogP contribution in [0.5, 0.6) is 0 Å². The number of amides is 1. The molecule has 1 amide bonds. The van der Waals surface area contributed by atoms with Gasteiger partial charge in [-0.3, -0.25) is 4.79 Å². The molecule has 2 aromatic rings. The van der Waals surface area contributed by atoms with Gasteiger partial charge in [0.1, 0.15) is 10.8 Å². The van der Waals surface area contributed by atoms with Gasteiger partial charge in [-0.25, -0.2) is 4.79 Å². The minimum atomic E-state index is -1.00. The molecule has 130 valence electrons. The zero-order valence-electron chi connectivity index (χ0n) is 14.1. The van der Waals surface area contributed by atoms with Crippen molar-refractivity contribution in [3.63, 3.8) is 0 Å². The number of anilines is 1. The molecular weight excluding hydrogens is 348 g/mol. The van der Waals surface area contributed by atoms with Crippen LogP contribution in [0.1, 0.15) is 44.7 Å². The number of carboxylic acid groups (broad SMARTS) is 1. The first-order chi connectivity index (χ1) is 11.3. The molecule has 0 unspecified atom stereocenters. The summed E-state index contributed by atoms with van der Waals surface area (Å²) in [6.45, 7) is 7.49. The van der Waals surface area contributed by atoms with Crippen molar-refractivity contribution >= 4 is 40.0 Å². The molecule has 0 saturated heterocycles. The van der Waals surface area contributed by atoms with Gasteiger partial charge >= 0.3 is 5.97 Å². The van der Waals surface area contributed by atoms with Gasteiger partial charge in [0.15, 0.2) is 0 Å². The number of nitrogens with one attached hydrogen (secondary N) is 1. The highest BCUT2D eigenvalue weighted by Gasteiger charge is 2.21. The molecule has 0 atom stereocenters. The van der Waals surface area contributed by atoms with Gasteiger partial charge in [0.25, 0.3) is 0 Å². The molecule has 0 aliphatic rings. The number of thioether (sulfide) groups is 1. The number of aryl methyl sites for hydroxylation is 3. The predicted octanol–water partition coefficient (Wildman–Crippen LogP) is 3.79. The SMILES string of the molecule is CCc1c(C)sc(NC(=O)CSCc2c(C)noc2C)c1C(=O)O. The zero-order valence-corrected chi connectivity index (χ0v) is 15.7. The highest BCUT2D eigenvalue weighted by Crippen LogP contribution is 2.33. The van der Waals surface area contributed by atoms with Gasteiger partial charge in [-0.15, -0.1) is 23.1 Å². The van der Waals surface area contributed by atoms with Crippen molar-refractivity contribution in [2.45, 2.75) is 39.9 Å². The summed E-state index contributed by atoms with van der Waals surface area (Å²) in [7, 11) is 0. The molecule has 0 aliphatic carbocycles. The Hall–Kier alpha value is -1.80. The quantitative estimate of drug-likeness (QED) is 0.772. The lowest BCUT2D eigenvalue weighted by atomic mass is 10.1. The molecule has 24 heavy (non-hydrogen) atoms. The first-order valence-corrected chi connectivity index (χ1v) is 9.47. The van der Waals surface area contributed by atoms with Crippen LogP contribution in [0.3, 0.4) is 0 Å². The molecule has 2 N–H and O–H groups in total. The number of nitrogens with zero attached hydrogens (tertiary/aromatic N) is 1. The van der Waals surface area contributed by atoms with E-state index in [1.807, 2.05) is 27.7 Å². The Morgan fingerprint density at radius 2 is 2.00 bits per heavy atom. The van der Waals surface area contributed by atoms with E-state index in [1.165, 1.54) is 23.1 Å². The van der Waals surface area contributed by atoms with Crippen LogP contribution in [0.4, 0.5) is 5.00 Å². The molecule has 0 radical (unpaired) electrons. The van der Waals surface area contributed by atoms with Crippen molar-refractivity contribution in [3.8, 4) is 0 Å². The number of carboxylic acids is 1. The van der Waals surface area contributed by atoms with E-state index in [0.717, 1.165) is 27.5 Å². The number of carbonyl (C=O) groups excluding carboxylic acids is 1. The highest BCUT2D eigenvalue weighted by molar-refractivity contribution is 7.99. The van der Waals surface area contributed by atoms with Gasteiger partial charge in [-0.2, -0.15) is 0 Å². The first kappa shape index (κ1) is 18.5. The highest BCUT2D eigenvalue weighted by atomic mass is 32.2. The van der Waals surface area contributed by atoms with Crippen LogP contribution in [-0.2, 0) is 17.0 Å². The van der Waals surface area contributed by atoms with E-state index in [4.69, 9.17) is 4.52 Å². The largest absolute Gasteiger partial charge is 0.478 e. The number of carbonyl (C=O) groups is 2. The molecule has 8 heteroatoms. The molecule has 6 nitrogen and oxygen atoms in total. The fourth-order valence-electron chi connectivity index (χ4n) is 2.44. The summed E-state index contributed by atoms with van der Waals surface area (Å²) >= 11 is 2.75. The van der Waals surface area contributed by atoms with E-state index in [9.17, 15) is 14.7 Å². The summed E-state index contributed by atoms with van der Waals surface area (Å²) in [6.07, 6.45) is 0.626. The number of hydrogen-bond acceptors (Lipinski definition) is 6. The molecule has 2 aromatic heterocycles. The van der Waals surface area contributed by atoms with E-state index in [2.05, 4.69) is 10.5 Å². The van der Waals surface area contributed by atoms with Crippen LogP contribution < -0.4 is 5.32 Å². The molecule has 0 fully saturated rings. The Balaban J connectivity index is 1.99. The van der Waals surface area contributed by atoms with Gasteiger partial charge in [-0.1, -0.05) is 12.1 Å². The summed E-state index contributed by atoms with van der Waals surface area (Å²) in [5.41, 5.74) is 2.82. The van der Waals surface area contributed by atoms with Gasteiger partial charge in [0, 0.05) is 16.2 Å². The van der Waals surface area contributed by atoms with Crippen LogP contribution in [-0.4, -0.2) is 27.9 Å². The van der Waals surface area contributed by atoms with Crippen LogP contribution >= 0.6 is 23.1 Å². The van der Waals surface area contributed by atoms with Gasteiger partial charge < -0.3 is 14.9 Å². The third-order valence-corrected chi connectivity index (χ3v) is 5.71. The van der Waals surface area contributed by atoms with Crippen molar-refractivity contribution < 1.29 is 19.2 Å². The van der Waals surface area contributed by atoms with Gasteiger partial charge in [-0.05, 0) is 32.8 Å². The maximum atomic E-state index is 12.1. The van der Waals surface area contributed by atoms with E-state index in [-0.39, 0.29) is 17.2 Å². The number of aromatic nitrogens is 1. The summed E-state index contributed by atoms with van der Waals surface area (Å²) in [5, 5.41) is 16.4. The monoisotopic (exact) mass is 368 g/mol. The van der Waals surface area contributed by atoms with Crippen molar-refractivity contribution in [1.82, 2.24) is 5.16 Å². The Labute approximate surface area is 148 Å². The van der Waals surface area contributed by atoms with Crippen molar-refractivity contribution in [2.24, 2.45) is 0 Å². The average molecular weight is 368 g/mol. The lowest BCUT2D eigenvalue weighted by Crippen LogP contribution is -2.15. The van der Waals surface area contributed by atoms with E-state index >= 15 is 0 Å². The van der Waals surface area contributed by atoms with E-state index in [1.54, 1.807) is 0 Å². The van der Waals surface area contributed by atoms with Crippen molar-refractivity contribution in [1.29, 1.82) is 0 Å². The van der Waals surface area contributed by atoms with Gasteiger partial charge in [0.05, 0.1) is 17.0 Å². The first-order valence-electron chi connectivity index (χ1n) is 7.50. The number of hydrogen-bond donors (Lipinski definition) is 2. The molecular formula is C16H20N2O4S2. The lowest BCUT2D eigenvalue weighted by molar-refractivity contribution is -0.113. The minimum absolute atomic E-state index is 0.210. The Morgan fingerprint density at radius 3 is 2.54 bits per heavy atom. The summed E-state index contributed by atoms with van der Waals surface area (Å²) < 4.78 is 5.09. The third kappa shape index (κ3) is 3.99. The Bertz CT molecular complexity index is 745. The topological polar surface area (TPSA) is 92.4 Å². The maximum absolute atomic E-state index is 12.1. The second-order valence-electron chi connectivity index (χ2n) is 5.34. The summed E-state index contributed by atoms with van der Waals surface area (Å²) in [5.74, 6) is 0.411. The van der Waals surface area contributed by atoms with Gasteiger partial charge in [0.2, 0.25) is 5.91 Å². The molecule has 0 saturated carbocycles. The Morgan fingerprint density at radius 1 is 1.29 bits per heavy atom. The van der Waals surface area contributed by atoms with E-state index < -0.39 is 5.97 Å². The number of aromatic carboxylic acids is 1. The maximum Gasteiger partial charge on any atom is 0.339 e. The smallest absolute Gasteiger partial charge is 0.339 e. The second-order valence-corrected chi connectivity index (χ2v) is 7.55. The standard InChI is InChI=1S/C16H20N2O4S2/c1-5-11-10(4)24-15(14(11)16(20)21)17-13(19)7-23-6-12-8(2)18-22-9(12)3/h5-7H2,1-4H3,(H,17,19)(H,20,21). The molecule has 0 aliphatic heterocycles. The normalized spacial score (nSPS) is 10.8. The zero-order chi connectivity index (χ0) is 17.9. The fourth-order valence-corrected chi connectivity index (χ4v) is 4.56. The molecule has 0 bridgehead atoms. The molecule has 0 aromatic carbocycles. The summed E-state index contributed by atoms with van der Waals surface area (Å²) in [6, 6.07) is 0. The molecule has 2 rings (SSSR count). The number of thiophene rings is 1. The van der Waals surface area contributed by atoms with Crippen LogP contribution in [0, 0.1) is 20.8 Å². The number of rotatable bonds is 7. The van der Waals surface area contributed by atoms with Crippen LogP contribution in [0.15, 0.2) is 4.52 Å². The van der Waals surface area contributed by atoms with Crippen molar-refractivity contribution in [3.05, 3.63) is 33.0 Å². The Kier molecular flexibility index (Phi) is 6.06. The summed E-state index contributed by atoms with van der Waals surface area (Å²) in [4.78, 5) is 24.5. The average Bonchev–Trinajstić information content (AvgIpc) is 2.99. The minimum Gasteiger partial charge on any atom is -0.478 e. The lowest BCUT2D eigenvalue weighted by Gasteiger charge is -2.05. The fraction of sp³-hybridized carbons (Fsp3) is 0.438.